The summed E-state index contributed by atoms with van der Waals surface area (Å²) in [5.41, 5.74) is 1.49. The summed E-state index contributed by atoms with van der Waals surface area (Å²) in [7, 11) is -1.37. The van der Waals surface area contributed by atoms with Crippen molar-refractivity contribution in [3.63, 3.8) is 0 Å². The second-order valence-electron chi connectivity index (χ2n) is 13.2. The summed E-state index contributed by atoms with van der Waals surface area (Å²) < 4.78 is 5.99. The van der Waals surface area contributed by atoms with Crippen LogP contribution in [0.3, 0.4) is 0 Å². The van der Waals surface area contributed by atoms with Gasteiger partial charge in [0.25, 0.3) is 0 Å². The summed E-state index contributed by atoms with van der Waals surface area (Å²) in [5.74, 6) is -0.472. The van der Waals surface area contributed by atoms with Crippen LogP contribution in [-0.4, -0.2) is 49.9 Å². The summed E-state index contributed by atoms with van der Waals surface area (Å²) in [4.78, 5) is 43.7. The fraction of sp³-hybridized carbons (Fsp3) is 0.500. The molecular weight excluding hydrogens is 528 g/mol. The average molecular weight is 575 g/mol. The Morgan fingerprint density at radius 3 is 2.41 bits per heavy atom. The monoisotopic (exact) mass is 574 g/mol. The molecule has 2 heterocycles. The molecule has 1 fully saturated rings. The van der Waals surface area contributed by atoms with Crippen molar-refractivity contribution in [1.29, 1.82) is 0 Å². The largest absolute Gasteiger partial charge is 0.377 e. The molecule has 4 rings (SSSR count). The predicted molar refractivity (Wildman–Crippen MR) is 167 cm³/mol. The summed E-state index contributed by atoms with van der Waals surface area (Å²) in [6, 6.07) is 18.1. The molecule has 1 saturated heterocycles. The summed E-state index contributed by atoms with van der Waals surface area (Å²) in [6.45, 7) is 14.6. The van der Waals surface area contributed by atoms with Crippen LogP contribution in [0.25, 0.3) is 0 Å². The Morgan fingerprint density at radius 2 is 1.73 bits per heavy atom. The maximum absolute atomic E-state index is 14.2. The number of hydrogen-bond acceptors (Lipinski definition) is 4. The van der Waals surface area contributed by atoms with E-state index >= 15 is 0 Å². The maximum Gasteiger partial charge on any atom is 0.242 e. The van der Waals surface area contributed by atoms with Gasteiger partial charge in [-0.3, -0.25) is 19.3 Å². The molecule has 0 aliphatic carbocycles. The van der Waals surface area contributed by atoms with Gasteiger partial charge < -0.3 is 9.64 Å². The normalized spacial score (nSPS) is 21.0. The number of carbonyl (C=O) groups excluding carboxylic acids is 3. The lowest BCUT2D eigenvalue weighted by Crippen LogP contribution is -2.51. The highest BCUT2D eigenvalue weighted by Crippen LogP contribution is 2.52. The molecule has 2 aromatic carbocycles. The van der Waals surface area contributed by atoms with E-state index in [0.717, 1.165) is 35.7 Å². The quantitative estimate of drug-likeness (QED) is 0.127. The van der Waals surface area contributed by atoms with Crippen LogP contribution >= 0.6 is 0 Å². The van der Waals surface area contributed by atoms with E-state index in [1.54, 1.807) is 4.90 Å². The van der Waals surface area contributed by atoms with Crippen molar-refractivity contribution >= 4 is 31.5 Å². The molecule has 3 amide bonds. The molecule has 0 bridgehead atoms. The Balaban J connectivity index is 1.48. The van der Waals surface area contributed by atoms with Crippen LogP contribution in [0.4, 0.5) is 5.69 Å². The van der Waals surface area contributed by atoms with Gasteiger partial charge in [-0.2, -0.15) is 0 Å². The van der Waals surface area contributed by atoms with E-state index in [4.69, 9.17) is 4.74 Å². The number of allylic oxidation sites excluding steroid dienone is 2. The molecule has 2 aliphatic rings. The Kier molecular flexibility index (Phi) is 9.39. The van der Waals surface area contributed by atoms with Gasteiger partial charge in [0.1, 0.15) is 5.41 Å². The Labute approximate surface area is 246 Å². The van der Waals surface area contributed by atoms with Crippen molar-refractivity contribution in [3.8, 4) is 0 Å². The lowest BCUT2D eigenvalue weighted by Gasteiger charge is -2.36. The van der Waals surface area contributed by atoms with Gasteiger partial charge in [-0.05, 0) is 47.5 Å². The van der Waals surface area contributed by atoms with Gasteiger partial charge in [0, 0.05) is 32.2 Å². The fourth-order valence-corrected chi connectivity index (χ4v) is 7.35. The van der Waals surface area contributed by atoms with Gasteiger partial charge in [0.15, 0.2) is 0 Å². The van der Waals surface area contributed by atoms with Gasteiger partial charge in [-0.15, -0.1) is 0 Å². The second-order valence-corrected chi connectivity index (χ2v) is 18.9. The minimum atomic E-state index is -1.37. The molecule has 41 heavy (non-hydrogen) atoms. The van der Waals surface area contributed by atoms with Crippen molar-refractivity contribution in [2.45, 2.75) is 95.6 Å². The molecule has 0 saturated carbocycles. The zero-order chi connectivity index (χ0) is 29.8. The number of imide groups is 1. The minimum absolute atomic E-state index is 0.0805. The number of fused-ring (bicyclic) bond motifs is 2. The molecular formula is C34H46N2O4Si. The Bertz CT molecular complexity index is 1280. The van der Waals surface area contributed by atoms with Crippen LogP contribution in [-0.2, 0) is 31.1 Å². The van der Waals surface area contributed by atoms with Crippen LogP contribution in [0.5, 0.6) is 0 Å². The van der Waals surface area contributed by atoms with Crippen LogP contribution in [0, 0.1) is 0 Å². The number of nitrogens with zero attached hydrogens (tertiary/aromatic N) is 2. The smallest absolute Gasteiger partial charge is 0.242 e. The topological polar surface area (TPSA) is 66.9 Å². The van der Waals surface area contributed by atoms with Gasteiger partial charge in [0.2, 0.25) is 17.7 Å². The third kappa shape index (κ3) is 6.26. The van der Waals surface area contributed by atoms with Gasteiger partial charge in [0.05, 0.1) is 20.7 Å². The van der Waals surface area contributed by atoms with Crippen LogP contribution in [0.2, 0.25) is 24.2 Å². The zero-order valence-corrected chi connectivity index (χ0v) is 26.6. The molecule has 1 spiro atoms. The van der Waals surface area contributed by atoms with Gasteiger partial charge >= 0.3 is 0 Å². The second kappa shape index (κ2) is 12.5. The van der Waals surface area contributed by atoms with Gasteiger partial charge in [-0.1, -0.05) is 94.5 Å². The third-order valence-electron chi connectivity index (χ3n) is 9.45. The number of hydrogen-bond donors (Lipinski definition) is 0. The van der Waals surface area contributed by atoms with Crippen LogP contribution in [0.1, 0.15) is 64.5 Å². The first-order chi connectivity index (χ1) is 19.4. The Hall–Kier alpha value is -3.03. The molecule has 220 valence electrons. The van der Waals surface area contributed by atoms with Crippen molar-refractivity contribution in [1.82, 2.24) is 4.90 Å². The molecule has 0 N–H and O–H groups in total. The highest BCUT2D eigenvalue weighted by Gasteiger charge is 2.63. The third-order valence-corrected chi connectivity index (χ3v) is 14.8. The fourth-order valence-electron chi connectivity index (χ4n) is 5.98. The first-order valence-electron chi connectivity index (χ1n) is 14.9. The van der Waals surface area contributed by atoms with E-state index in [1.807, 2.05) is 54.6 Å². The number of benzene rings is 2. The first kappa shape index (κ1) is 30.9. The van der Waals surface area contributed by atoms with Crippen LogP contribution in [0.15, 0.2) is 66.7 Å². The minimum Gasteiger partial charge on any atom is -0.377 e. The highest BCUT2D eigenvalue weighted by molar-refractivity contribution is 6.80. The van der Waals surface area contributed by atoms with E-state index in [1.165, 1.54) is 11.8 Å². The first-order valence-corrected chi connectivity index (χ1v) is 18.1. The maximum atomic E-state index is 14.2. The van der Waals surface area contributed by atoms with E-state index in [-0.39, 0.29) is 24.1 Å². The highest BCUT2D eigenvalue weighted by atomic mass is 28.3. The number of para-hydroxylation sites is 1. The average Bonchev–Trinajstić information content (AvgIpc) is 3.34. The predicted octanol–water partition coefficient (Wildman–Crippen LogP) is 6.87. The molecule has 0 unspecified atom stereocenters. The molecule has 0 radical (unpaired) electrons. The zero-order valence-electron chi connectivity index (χ0n) is 25.6. The molecule has 7 heteroatoms. The van der Waals surface area contributed by atoms with E-state index in [9.17, 15) is 14.4 Å². The van der Waals surface area contributed by atoms with Crippen molar-refractivity contribution < 1.29 is 19.1 Å². The van der Waals surface area contributed by atoms with E-state index < -0.39 is 19.5 Å². The van der Waals surface area contributed by atoms with Crippen LogP contribution < -0.4 is 4.90 Å². The number of amides is 3. The number of ether oxygens (including phenoxy) is 1. The molecule has 0 aromatic heterocycles. The van der Waals surface area contributed by atoms with Crippen molar-refractivity contribution in [3.05, 3.63) is 77.9 Å². The molecule has 2 atom stereocenters. The lowest BCUT2D eigenvalue weighted by atomic mass is 9.74. The standard InChI is InChI=1S/C34H46N2O4Si/c1-26(37)36-29-19-13-12-18-28(29)34(30(36)20-22-40-25-27-16-10-9-11-17-27)24-31(38)35(32(34)39)21-14-7-8-15-23-41(5,6)33(2,3)4/h8-13,15-19,30H,7,14,20-25H2,1-6H3/b15-8-/t30-,34-/m1/s1. The van der Waals surface area contributed by atoms with Gasteiger partial charge in [-0.25, -0.2) is 0 Å². The molecule has 2 aromatic rings. The lowest BCUT2D eigenvalue weighted by molar-refractivity contribution is -0.140. The summed E-state index contributed by atoms with van der Waals surface area (Å²) in [5, 5.41) is 0.342. The van der Waals surface area contributed by atoms with Crippen molar-refractivity contribution in [2.75, 3.05) is 18.1 Å². The van der Waals surface area contributed by atoms with Crippen molar-refractivity contribution in [2.24, 2.45) is 0 Å². The summed E-state index contributed by atoms with van der Waals surface area (Å²) in [6.07, 6.45) is 6.59. The molecule has 2 aliphatic heterocycles. The number of likely N-dealkylation sites (tertiary alicyclic amines) is 1. The SMILES string of the molecule is CC(=O)N1c2ccccc2[C@]2(CC(=O)N(CCC/C=C\C[Si](C)(C)C(C)(C)C)C2=O)[C@H]1CCOCc1ccccc1. The number of anilines is 1. The number of rotatable bonds is 11. The molecule has 6 nitrogen and oxygen atoms in total. The number of carbonyl (C=O) groups is 3. The number of unbranched alkanes of at least 4 members (excludes halogenated alkanes) is 1. The Morgan fingerprint density at radius 1 is 1.05 bits per heavy atom. The summed E-state index contributed by atoms with van der Waals surface area (Å²) >= 11 is 0. The van der Waals surface area contributed by atoms with E-state index in [2.05, 4.69) is 46.0 Å². The van der Waals surface area contributed by atoms with E-state index in [0.29, 0.717) is 31.2 Å².